The van der Waals surface area contributed by atoms with Gasteiger partial charge in [0, 0.05) is 19.6 Å². The summed E-state index contributed by atoms with van der Waals surface area (Å²) in [5, 5.41) is 7.85. The lowest BCUT2D eigenvalue weighted by atomic mass is 10.1. The number of hydrogen-bond donors (Lipinski definition) is 1. The van der Waals surface area contributed by atoms with Crippen molar-refractivity contribution >= 4 is 0 Å². The summed E-state index contributed by atoms with van der Waals surface area (Å²) < 4.78 is 1.95. The van der Waals surface area contributed by atoms with Gasteiger partial charge in [0.1, 0.15) is 0 Å². The molecule has 1 aromatic heterocycles. The highest BCUT2D eigenvalue weighted by atomic mass is 15.3. The van der Waals surface area contributed by atoms with Crippen LogP contribution in [0.4, 0.5) is 0 Å². The highest BCUT2D eigenvalue weighted by Gasteiger charge is 2.06. The van der Waals surface area contributed by atoms with Crippen LogP contribution in [-0.4, -0.2) is 15.8 Å². The van der Waals surface area contributed by atoms with Crippen molar-refractivity contribution in [3.63, 3.8) is 0 Å². The van der Waals surface area contributed by atoms with Gasteiger partial charge in [0.05, 0.1) is 11.4 Å². The van der Waals surface area contributed by atoms with Gasteiger partial charge in [-0.05, 0) is 32.3 Å². The minimum atomic E-state index is 0.570. The highest BCUT2D eigenvalue weighted by Crippen LogP contribution is 2.06. The number of nitrogens with zero attached hydrogens (tertiary/aromatic N) is 2. The highest BCUT2D eigenvalue weighted by molar-refractivity contribution is 5.08. The zero-order chi connectivity index (χ0) is 11.4. The first-order valence-electron chi connectivity index (χ1n) is 5.72. The average Bonchev–Trinajstić information content (AvgIpc) is 2.40. The first-order valence-corrected chi connectivity index (χ1v) is 5.72. The van der Waals surface area contributed by atoms with Gasteiger partial charge >= 0.3 is 0 Å². The molecule has 0 spiro atoms. The number of aryl methyl sites for hydroxylation is 2. The standard InChI is InChI=1S/C12H23N3/c1-9(2)6-10(3)13-8-12-7-11(4)14-15(12)5/h7,9-10,13H,6,8H2,1-5H3. The van der Waals surface area contributed by atoms with Crippen molar-refractivity contribution in [1.29, 1.82) is 0 Å². The summed E-state index contributed by atoms with van der Waals surface area (Å²) >= 11 is 0. The molecule has 1 N–H and O–H groups in total. The maximum absolute atomic E-state index is 4.33. The van der Waals surface area contributed by atoms with Crippen LogP contribution in [0.25, 0.3) is 0 Å². The Morgan fingerprint density at radius 2 is 2.07 bits per heavy atom. The van der Waals surface area contributed by atoms with Crippen LogP contribution in [0.5, 0.6) is 0 Å². The average molecular weight is 209 g/mol. The molecule has 1 atom stereocenters. The SMILES string of the molecule is Cc1cc(CNC(C)CC(C)C)n(C)n1. The van der Waals surface area contributed by atoms with Crippen molar-refractivity contribution in [2.75, 3.05) is 0 Å². The van der Waals surface area contributed by atoms with Gasteiger partial charge in [-0.1, -0.05) is 13.8 Å². The number of hydrogen-bond acceptors (Lipinski definition) is 2. The van der Waals surface area contributed by atoms with Crippen molar-refractivity contribution in [1.82, 2.24) is 15.1 Å². The van der Waals surface area contributed by atoms with Crippen molar-refractivity contribution in [2.45, 2.75) is 46.7 Å². The second kappa shape index (κ2) is 5.31. The van der Waals surface area contributed by atoms with E-state index >= 15 is 0 Å². The van der Waals surface area contributed by atoms with Crippen molar-refractivity contribution < 1.29 is 0 Å². The molecule has 15 heavy (non-hydrogen) atoms. The zero-order valence-electron chi connectivity index (χ0n) is 10.5. The summed E-state index contributed by atoms with van der Waals surface area (Å²) in [4.78, 5) is 0. The molecule has 1 unspecified atom stereocenters. The third-order valence-corrected chi connectivity index (χ3v) is 2.56. The molecular weight excluding hydrogens is 186 g/mol. The first-order chi connectivity index (χ1) is 6.99. The fraction of sp³-hybridized carbons (Fsp3) is 0.750. The molecule has 0 aromatic carbocycles. The van der Waals surface area contributed by atoms with E-state index in [1.807, 2.05) is 18.7 Å². The predicted molar refractivity (Wildman–Crippen MR) is 63.7 cm³/mol. The summed E-state index contributed by atoms with van der Waals surface area (Å²) in [5.41, 5.74) is 2.34. The number of nitrogens with one attached hydrogen (secondary N) is 1. The summed E-state index contributed by atoms with van der Waals surface area (Å²) in [5.74, 6) is 0.751. The lowest BCUT2D eigenvalue weighted by Gasteiger charge is -2.15. The van der Waals surface area contributed by atoms with Crippen LogP contribution in [0.15, 0.2) is 6.07 Å². The molecule has 3 heteroatoms. The molecule has 0 radical (unpaired) electrons. The van der Waals surface area contributed by atoms with E-state index in [0.717, 1.165) is 18.2 Å². The van der Waals surface area contributed by atoms with Crippen LogP contribution in [-0.2, 0) is 13.6 Å². The Morgan fingerprint density at radius 1 is 1.40 bits per heavy atom. The van der Waals surface area contributed by atoms with E-state index in [2.05, 4.69) is 37.3 Å². The monoisotopic (exact) mass is 209 g/mol. The third-order valence-electron chi connectivity index (χ3n) is 2.56. The predicted octanol–water partition coefficient (Wildman–Crippen LogP) is 2.25. The van der Waals surface area contributed by atoms with E-state index in [1.54, 1.807) is 0 Å². The molecule has 1 aromatic rings. The Bertz CT molecular complexity index is 302. The fourth-order valence-corrected chi connectivity index (χ4v) is 1.90. The molecule has 0 saturated heterocycles. The van der Waals surface area contributed by atoms with Crippen molar-refractivity contribution in [3.05, 3.63) is 17.5 Å². The molecule has 0 saturated carbocycles. The molecule has 86 valence electrons. The molecule has 1 heterocycles. The van der Waals surface area contributed by atoms with Gasteiger partial charge in [-0.2, -0.15) is 5.10 Å². The lowest BCUT2D eigenvalue weighted by Crippen LogP contribution is -2.27. The molecule has 0 aliphatic rings. The van der Waals surface area contributed by atoms with Gasteiger partial charge in [-0.15, -0.1) is 0 Å². The molecule has 0 bridgehead atoms. The Hall–Kier alpha value is -0.830. The van der Waals surface area contributed by atoms with Crippen molar-refractivity contribution in [2.24, 2.45) is 13.0 Å². The maximum Gasteiger partial charge on any atom is 0.0597 e. The van der Waals surface area contributed by atoms with E-state index in [0.29, 0.717) is 6.04 Å². The minimum Gasteiger partial charge on any atom is -0.309 e. The van der Waals surface area contributed by atoms with E-state index in [1.165, 1.54) is 12.1 Å². The van der Waals surface area contributed by atoms with Gasteiger partial charge < -0.3 is 5.32 Å². The molecule has 0 aliphatic carbocycles. The fourth-order valence-electron chi connectivity index (χ4n) is 1.90. The van der Waals surface area contributed by atoms with Gasteiger partial charge in [-0.3, -0.25) is 4.68 Å². The molecule has 3 nitrogen and oxygen atoms in total. The quantitative estimate of drug-likeness (QED) is 0.806. The summed E-state index contributed by atoms with van der Waals surface area (Å²) in [7, 11) is 2.00. The third kappa shape index (κ3) is 4.04. The second-order valence-electron chi connectivity index (χ2n) is 4.81. The van der Waals surface area contributed by atoms with Gasteiger partial charge in [0.15, 0.2) is 0 Å². The van der Waals surface area contributed by atoms with E-state index in [-0.39, 0.29) is 0 Å². The Morgan fingerprint density at radius 3 is 2.53 bits per heavy atom. The summed E-state index contributed by atoms with van der Waals surface area (Å²) in [6, 6.07) is 2.70. The largest absolute Gasteiger partial charge is 0.309 e. The topological polar surface area (TPSA) is 29.9 Å². The normalized spacial score (nSPS) is 13.5. The Kier molecular flexibility index (Phi) is 4.33. The Labute approximate surface area is 92.9 Å². The smallest absolute Gasteiger partial charge is 0.0597 e. The molecule has 0 amide bonds. The Balaban J connectivity index is 2.40. The van der Waals surface area contributed by atoms with Crippen LogP contribution < -0.4 is 5.32 Å². The van der Waals surface area contributed by atoms with Crippen LogP contribution in [0.1, 0.15) is 38.6 Å². The second-order valence-corrected chi connectivity index (χ2v) is 4.81. The molecular formula is C12H23N3. The van der Waals surface area contributed by atoms with Crippen molar-refractivity contribution in [3.8, 4) is 0 Å². The number of rotatable bonds is 5. The van der Waals surface area contributed by atoms with E-state index < -0.39 is 0 Å². The summed E-state index contributed by atoms with van der Waals surface area (Å²) in [6.45, 7) is 9.69. The van der Waals surface area contributed by atoms with E-state index in [9.17, 15) is 0 Å². The summed E-state index contributed by atoms with van der Waals surface area (Å²) in [6.07, 6.45) is 1.22. The van der Waals surface area contributed by atoms with Crippen LogP contribution in [0.2, 0.25) is 0 Å². The van der Waals surface area contributed by atoms with Gasteiger partial charge in [-0.25, -0.2) is 0 Å². The first kappa shape index (κ1) is 12.2. The molecule has 1 rings (SSSR count). The van der Waals surface area contributed by atoms with Crippen LogP contribution in [0.3, 0.4) is 0 Å². The zero-order valence-corrected chi connectivity index (χ0v) is 10.5. The van der Waals surface area contributed by atoms with Gasteiger partial charge in [0.2, 0.25) is 0 Å². The van der Waals surface area contributed by atoms with E-state index in [4.69, 9.17) is 0 Å². The molecule has 0 aliphatic heterocycles. The number of aromatic nitrogens is 2. The van der Waals surface area contributed by atoms with Gasteiger partial charge in [0.25, 0.3) is 0 Å². The minimum absolute atomic E-state index is 0.570. The van der Waals surface area contributed by atoms with Crippen LogP contribution in [0, 0.1) is 12.8 Å². The maximum atomic E-state index is 4.33. The lowest BCUT2D eigenvalue weighted by molar-refractivity contribution is 0.435. The van der Waals surface area contributed by atoms with Crippen LogP contribution >= 0.6 is 0 Å². The molecule has 0 fully saturated rings.